The predicted octanol–water partition coefficient (Wildman–Crippen LogP) is 3.87. The standard InChI is InChI=1S/C26H25FN4O4/c1-31-11-8-16(9-12-31)15-34-26(33)22-23(32)21(13-17-14-29-24-20(17)3-2-10-28-24)35-25(22)30-19-6-4-18(27)5-7-19/h2-7,10,13-14,16,22H,8-9,11-12,15H2,1H3,(H,28,29)/b21-13-,30-25?. The largest absolute Gasteiger partial charge is 0.464 e. The number of likely N-dealkylation sites (tertiary alicyclic amines) is 1. The number of carbonyl (C=O) groups is 2. The molecule has 0 amide bonds. The lowest BCUT2D eigenvalue weighted by Crippen LogP contribution is -2.34. The number of piperidine rings is 1. The highest BCUT2D eigenvalue weighted by Gasteiger charge is 2.45. The number of benzene rings is 1. The van der Waals surface area contributed by atoms with E-state index in [1.165, 1.54) is 24.3 Å². The van der Waals surface area contributed by atoms with E-state index in [0.29, 0.717) is 16.9 Å². The van der Waals surface area contributed by atoms with Crippen LogP contribution in [0.15, 0.2) is 59.5 Å². The molecule has 180 valence electrons. The Kier molecular flexibility index (Phi) is 6.41. The molecule has 35 heavy (non-hydrogen) atoms. The number of Topliss-reactive ketones (excluding diaryl/α,β-unsaturated/α-hetero) is 1. The lowest BCUT2D eigenvalue weighted by molar-refractivity contribution is -0.149. The minimum atomic E-state index is -1.32. The number of hydrogen-bond donors (Lipinski definition) is 1. The quantitative estimate of drug-likeness (QED) is 0.341. The minimum Gasteiger partial charge on any atom is -0.464 e. The summed E-state index contributed by atoms with van der Waals surface area (Å²) in [7, 11) is 2.06. The number of aromatic nitrogens is 2. The lowest BCUT2D eigenvalue weighted by atomic mass is 9.98. The Bertz CT molecular complexity index is 1310. The summed E-state index contributed by atoms with van der Waals surface area (Å²) < 4.78 is 24.7. The smallest absolute Gasteiger partial charge is 0.326 e. The van der Waals surface area contributed by atoms with Crippen LogP contribution in [-0.2, 0) is 19.1 Å². The van der Waals surface area contributed by atoms with Crippen molar-refractivity contribution in [1.29, 1.82) is 0 Å². The van der Waals surface area contributed by atoms with Gasteiger partial charge in [-0.2, -0.15) is 0 Å². The van der Waals surface area contributed by atoms with Gasteiger partial charge in [-0.25, -0.2) is 14.4 Å². The van der Waals surface area contributed by atoms with Gasteiger partial charge in [0.15, 0.2) is 11.7 Å². The van der Waals surface area contributed by atoms with Gasteiger partial charge in [0.05, 0.1) is 12.3 Å². The van der Waals surface area contributed by atoms with E-state index in [0.717, 1.165) is 31.3 Å². The van der Waals surface area contributed by atoms with Gasteiger partial charge < -0.3 is 19.4 Å². The average molecular weight is 477 g/mol. The summed E-state index contributed by atoms with van der Waals surface area (Å²) in [5.74, 6) is -2.81. The van der Waals surface area contributed by atoms with Crippen LogP contribution in [0.4, 0.5) is 10.1 Å². The number of fused-ring (bicyclic) bond motifs is 1. The Morgan fingerprint density at radius 1 is 1.29 bits per heavy atom. The third kappa shape index (κ3) is 5.00. The van der Waals surface area contributed by atoms with E-state index in [4.69, 9.17) is 9.47 Å². The topological polar surface area (TPSA) is 96.9 Å². The van der Waals surface area contributed by atoms with Gasteiger partial charge in [-0.15, -0.1) is 0 Å². The fraction of sp³-hybridized carbons (Fsp3) is 0.308. The maximum Gasteiger partial charge on any atom is 0.326 e. The number of carbonyl (C=O) groups excluding carboxylic acids is 2. The van der Waals surface area contributed by atoms with Crippen LogP contribution in [0, 0.1) is 17.7 Å². The van der Waals surface area contributed by atoms with E-state index >= 15 is 0 Å². The molecule has 9 heteroatoms. The van der Waals surface area contributed by atoms with Gasteiger partial charge in [-0.1, -0.05) is 0 Å². The summed E-state index contributed by atoms with van der Waals surface area (Å²) in [5.41, 5.74) is 1.72. The molecule has 0 bridgehead atoms. The molecule has 0 radical (unpaired) electrons. The highest BCUT2D eigenvalue weighted by Crippen LogP contribution is 2.30. The van der Waals surface area contributed by atoms with Crippen molar-refractivity contribution < 1.29 is 23.5 Å². The van der Waals surface area contributed by atoms with Crippen molar-refractivity contribution in [2.45, 2.75) is 12.8 Å². The molecular weight excluding hydrogens is 451 g/mol. The van der Waals surface area contributed by atoms with E-state index < -0.39 is 23.5 Å². The number of ketones is 1. The molecule has 0 aliphatic carbocycles. The van der Waals surface area contributed by atoms with Crippen molar-refractivity contribution in [3.8, 4) is 0 Å². The number of nitrogens with zero attached hydrogens (tertiary/aromatic N) is 3. The molecule has 4 heterocycles. The van der Waals surface area contributed by atoms with Crippen molar-refractivity contribution in [1.82, 2.24) is 14.9 Å². The summed E-state index contributed by atoms with van der Waals surface area (Å²) in [6.07, 6.45) is 6.79. The number of ether oxygens (including phenoxy) is 2. The van der Waals surface area contributed by atoms with Crippen molar-refractivity contribution in [3.63, 3.8) is 0 Å². The molecule has 0 spiro atoms. The Morgan fingerprint density at radius 2 is 2.06 bits per heavy atom. The Hall–Kier alpha value is -3.85. The monoisotopic (exact) mass is 476 g/mol. The van der Waals surface area contributed by atoms with E-state index in [2.05, 4.69) is 26.9 Å². The number of rotatable bonds is 5. The zero-order chi connectivity index (χ0) is 24.4. The maximum atomic E-state index is 13.3. The van der Waals surface area contributed by atoms with Gasteiger partial charge in [0.1, 0.15) is 11.5 Å². The Balaban J connectivity index is 1.41. The van der Waals surface area contributed by atoms with E-state index in [9.17, 15) is 14.0 Å². The molecule has 2 aliphatic heterocycles. The zero-order valence-corrected chi connectivity index (χ0v) is 19.2. The van der Waals surface area contributed by atoms with Gasteiger partial charge >= 0.3 is 5.97 Å². The fourth-order valence-electron chi connectivity index (χ4n) is 4.26. The highest BCUT2D eigenvalue weighted by atomic mass is 19.1. The average Bonchev–Trinajstić information content (AvgIpc) is 3.41. The number of halogens is 1. The van der Waals surface area contributed by atoms with Gasteiger partial charge in [0, 0.05) is 23.3 Å². The molecule has 1 N–H and O–H groups in total. The van der Waals surface area contributed by atoms with Crippen molar-refractivity contribution in [2.75, 3.05) is 26.7 Å². The Labute approximate surface area is 201 Å². The first kappa shape index (κ1) is 22.9. The number of allylic oxidation sites excluding steroid dienone is 1. The van der Waals surface area contributed by atoms with Crippen molar-refractivity contribution in [2.24, 2.45) is 16.8 Å². The van der Waals surface area contributed by atoms with Crippen LogP contribution in [0.5, 0.6) is 0 Å². The molecule has 8 nitrogen and oxygen atoms in total. The summed E-state index contributed by atoms with van der Waals surface area (Å²) in [6, 6.07) is 9.05. The number of aromatic amines is 1. The van der Waals surface area contributed by atoms with Gasteiger partial charge in [0.25, 0.3) is 0 Å². The number of hydrogen-bond acceptors (Lipinski definition) is 7. The first-order valence-corrected chi connectivity index (χ1v) is 11.5. The maximum absolute atomic E-state index is 13.3. The number of aliphatic imine (C=N–C) groups is 1. The molecule has 1 unspecified atom stereocenters. The molecule has 1 atom stereocenters. The minimum absolute atomic E-state index is 0.0168. The van der Waals surface area contributed by atoms with Gasteiger partial charge in [-0.3, -0.25) is 9.59 Å². The van der Waals surface area contributed by atoms with Gasteiger partial charge in [-0.05, 0) is 81.4 Å². The number of esters is 1. The SMILES string of the molecule is CN1CCC(COC(=O)C2C(=O)/C(=C/c3c[nH]c4ncccc34)OC2=Nc2ccc(F)cc2)CC1. The molecule has 2 aromatic heterocycles. The molecule has 2 aliphatic rings. The van der Waals surface area contributed by atoms with Crippen LogP contribution in [0.3, 0.4) is 0 Å². The summed E-state index contributed by atoms with van der Waals surface area (Å²) in [4.78, 5) is 40.2. The Morgan fingerprint density at radius 3 is 2.83 bits per heavy atom. The summed E-state index contributed by atoms with van der Waals surface area (Å²) in [6.45, 7) is 2.13. The van der Waals surface area contributed by atoms with Crippen molar-refractivity contribution in [3.05, 3.63) is 65.9 Å². The second kappa shape index (κ2) is 9.79. The molecule has 5 rings (SSSR count). The summed E-state index contributed by atoms with van der Waals surface area (Å²) in [5, 5.41) is 0.807. The highest BCUT2D eigenvalue weighted by molar-refractivity contribution is 6.27. The van der Waals surface area contributed by atoms with Crippen LogP contribution in [-0.4, -0.2) is 59.3 Å². The second-order valence-corrected chi connectivity index (χ2v) is 8.85. The number of pyridine rings is 1. The van der Waals surface area contributed by atoms with Crippen LogP contribution < -0.4 is 0 Å². The molecule has 2 fully saturated rings. The summed E-state index contributed by atoms with van der Waals surface area (Å²) >= 11 is 0. The van der Waals surface area contributed by atoms with Crippen molar-refractivity contribution >= 4 is 40.4 Å². The van der Waals surface area contributed by atoms with E-state index in [-0.39, 0.29) is 24.2 Å². The second-order valence-electron chi connectivity index (χ2n) is 8.85. The fourth-order valence-corrected chi connectivity index (χ4v) is 4.26. The van der Waals surface area contributed by atoms with Crippen LogP contribution in [0.2, 0.25) is 0 Å². The van der Waals surface area contributed by atoms with Crippen LogP contribution >= 0.6 is 0 Å². The molecule has 0 saturated carbocycles. The number of nitrogens with one attached hydrogen (secondary N) is 1. The third-order valence-corrected chi connectivity index (χ3v) is 6.34. The molecule has 1 aromatic carbocycles. The zero-order valence-electron chi connectivity index (χ0n) is 19.2. The van der Waals surface area contributed by atoms with E-state index in [1.54, 1.807) is 24.5 Å². The van der Waals surface area contributed by atoms with Crippen LogP contribution in [0.1, 0.15) is 18.4 Å². The van der Waals surface area contributed by atoms with E-state index in [1.807, 2.05) is 6.07 Å². The van der Waals surface area contributed by atoms with Gasteiger partial charge in [0.2, 0.25) is 11.7 Å². The third-order valence-electron chi connectivity index (χ3n) is 6.34. The first-order valence-electron chi connectivity index (χ1n) is 11.5. The first-order chi connectivity index (χ1) is 17.0. The molecule has 2 saturated heterocycles. The lowest BCUT2D eigenvalue weighted by Gasteiger charge is -2.28. The number of H-pyrrole nitrogens is 1. The normalized spacial score (nSPS) is 21.7. The van der Waals surface area contributed by atoms with Crippen LogP contribution in [0.25, 0.3) is 17.1 Å². The predicted molar refractivity (Wildman–Crippen MR) is 128 cm³/mol. The molecule has 3 aromatic rings. The molecular formula is C26H25FN4O4.